The molecular formula is C12H24ClNO. The van der Waals surface area contributed by atoms with E-state index in [0.29, 0.717) is 6.04 Å². The number of halogens is 1. The summed E-state index contributed by atoms with van der Waals surface area (Å²) in [6, 6.07) is 0.557. The lowest BCUT2D eigenvalue weighted by Crippen LogP contribution is -2.33. The maximum absolute atomic E-state index is 5.95. The van der Waals surface area contributed by atoms with Crippen molar-refractivity contribution >= 4 is 11.6 Å². The molecule has 1 N–H and O–H groups in total. The molecule has 15 heavy (non-hydrogen) atoms. The Balaban J connectivity index is 2.12. The van der Waals surface area contributed by atoms with Crippen LogP contribution >= 0.6 is 11.6 Å². The number of ether oxygens (including phenoxy) is 1. The number of hydrogen-bond donors (Lipinski definition) is 1. The fourth-order valence-electron chi connectivity index (χ4n) is 2.33. The van der Waals surface area contributed by atoms with Crippen LogP contribution in [0.25, 0.3) is 0 Å². The molecule has 0 aromatic rings. The fourth-order valence-corrected chi connectivity index (χ4v) is 2.74. The van der Waals surface area contributed by atoms with Gasteiger partial charge in [-0.15, -0.1) is 11.6 Å². The fraction of sp³-hybridized carbons (Fsp3) is 1.00. The summed E-state index contributed by atoms with van der Waals surface area (Å²) in [5, 5.41) is 3.59. The maximum atomic E-state index is 5.95. The number of methoxy groups -OCH3 is 1. The summed E-state index contributed by atoms with van der Waals surface area (Å²) < 4.78 is 5.07. The van der Waals surface area contributed by atoms with Crippen molar-refractivity contribution in [1.29, 1.82) is 0 Å². The van der Waals surface area contributed by atoms with E-state index in [1.54, 1.807) is 7.11 Å². The second-order valence-corrected chi connectivity index (χ2v) is 5.00. The molecule has 0 radical (unpaired) electrons. The molecule has 1 saturated carbocycles. The van der Waals surface area contributed by atoms with Crippen LogP contribution in [-0.2, 0) is 4.74 Å². The highest BCUT2D eigenvalue weighted by Crippen LogP contribution is 2.31. The summed E-state index contributed by atoms with van der Waals surface area (Å²) in [5.41, 5.74) is 0. The Labute approximate surface area is 98.7 Å². The van der Waals surface area contributed by atoms with Crippen LogP contribution in [0.4, 0.5) is 0 Å². The van der Waals surface area contributed by atoms with E-state index < -0.39 is 0 Å². The SMILES string of the molecule is COCCC(C)NCC1CCCC1CCl. The summed E-state index contributed by atoms with van der Waals surface area (Å²) in [7, 11) is 1.76. The third-order valence-corrected chi connectivity index (χ3v) is 3.89. The van der Waals surface area contributed by atoms with Gasteiger partial charge in [-0.25, -0.2) is 0 Å². The highest BCUT2D eigenvalue weighted by molar-refractivity contribution is 6.18. The van der Waals surface area contributed by atoms with Gasteiger partial charge in [0.05, 0.1) is 0 Å². The third kappa shape index (κ3) is 4.71. The summed E-state index contributed by atoms with van der Waals surface area (Å²) in [6.45, 7) is 4.20. The van der Waals surface area contributed by atoms with E-state index in [2.05, 4.69) is 12.2 Å². The Morgan fingerprint density at radius 1 is 1.40 bits per heavy atom. The van der Waals surface area contributed by atoms with Crippen LogP contribution in [0, 0.1) is 11.8 Å². The van der Waals surface area contributed by atoms with Gasteiger partial charge in [0.1, 0.15) is 0 Å². The minimum absolute atomic E-state index is 0.557. The Morgan fingerprint density at radius 3 is 2.80 bits per heavy atom. The predicted octanol–water partition coefficient (Wildman–Crippen LogP) is 2.66. The van der Waals surface area contributed by atoms with Crippen molar-refractivity contribution in [3.8, 4) is 0 Å². The monoisotopic (exact) mass is 233 g/mol. The Bertz CT molecular complexity index is 166. The van der Waals surface area contributed by atoms with Crippen molar-refractivity contribution in [2.75, 3.05) is 26.1 Å². The van der Waals surface area contributed by atoms with Crippen molar-refractivity contribution < 1.29 is 4.74 Å². The normalized spacial score (nSPS) is 28.2. The zero-order chi connectivity index (χ0) is 11.1. The molecular weight excluding hydrogens is 210 g/mol. The lowest BCUT2D eigenvalue weighted by Gasteiger charge is -2.21. The van der Waals surface area contributed by atoms with Gasteiger partial charge in [-0.3, -0.25) is 0 Å². The smallest absolute Gasteiger partial charge is 0.0476 e. The van der Waals surface area contributed by atoms with E-state index in [0.717, 1.165) is 37.3 Å². The molecule has 0 aromatic carbocycles. The van der Waals surface area contributed by atoms with Crippen molar-refractivity contribution in [2.45, 2.75) is 38.6 Å². The first-order chi connectivity index (χ1) is 7.27. The second kappa shape index (κ2) is 7.48. The molecule has 3 unspecified atom stereocenters. The van der Waals surface area contributed by atoms with Gasteiger partial charge in [0, 0.05) is 25.6 Å². The zero-order valence-electron chi connectivity index (χ0n) is 9.97. The van der Waals surface area contributed by atoms with Gasteiger partial charge in [0.2, 0.25) is 0 Å². The van der Waals surface area contributed by atoms with Gasteiger partial charge in [-0.1, -0.05) is 6.42 Å². The molecule has 3 heteroatoms. The van der Waals surface area contributed by atoms with E-state index in [9.17, 15) is 0 Å². The molecule has 0 aromatic heterocycles. The average molecular weight is 234 g/mol. The molecule has 0 bridgehead atoms. The maximum Gasteiger partial charge on any atom is 0.0476 e. The van der Waals surface area contributed by atoms with E-state index in [4.69, 9.17) is 16.3 Å². The van der Waals surface area contributed by atoms with Crippen LogP contribution in [-0.4, -0.2) is 32.2 Å². The van der Waals surface area contributed by atoms with Gasteiger partial charge < -0.3 is 10.1 Å². The van der Waals surface area contributed by atoms with Crippen LogP contribution in [0.5, 0.6) is 0 Å². The first-order valence-corrected chi connectivity index (χ1v) is 6.59. The molecule has 1 rings (SSSR count). The third-order valence-electron chi connectivity index (χ3n) is 3.50. The standard InChI is InChI=1S/C12H24ClNO/c1-10(6-7-15-2)14-9-12-5-3-4-11(12)8-13/h10-12,14H,3-9H2,1-2H3. The Morgan fingerprint density at radius 2 is 2.13 bits per heavy atom. The summed E-state index contributed by atoms with van der Waals surface area (Å²) in [6.07, 6.45) is 5.12. The van der Waals surface area contributed by atoms with Crippen LogP contribution < -0.4 is 5.32 Å². The predicted molar refractivity (Wildman–Crippen MR) is 65.5 cm³/mol. The summed E-state index contributed by atoms with van der Waals surface area (Å²) >= 11 is 5.95. The topological polar surface area (TPSA) is 21.3 Å². The Kier molecular flexibility index (Phi) is 6.62. The first kappa shape index (κ1) is 13.3. The van der Waals surface area contributed by atoms with Gasteiger partial charge in [-0.2, -0.15) is 0 Å². The van der Waals surface area contributed by atoms with Gasteiger partial charge in [-0.05, 0) is 44.6 Å². The minimum atomic E-state index is 0.557. The molecule has 0 heterocycles. The van der Waals surface area contributed by atoms with Gasteiger partial charge >= 0.3 is 0 Å². The van der Waals surface area contributed by atoms with Crippen molar-refractivity contribution in [2.24, 2.45) is 11.8 Å². The number of hydrogen-bond acceptors (Lipinski definition) is 2. The van der Waals surface area contributed by atoms with E-state index in [1.807, 2.05) is 0 Å². The quantitative estimate of drug-likeness (QED) is 0.683. The van der Waals surface area contributed by atoms with Crippen LogP contribution in [0.1, 0.15) is 32.6 Å². The van der Waals surface area contributed by atoms with E-state index >= 15 is 0 Å². The van der Waals surface area contributed by atoms with Crippen LogP contribution in [0.15, 0.2) is 0 Å². The highest BCUT2D eigenvalue weighted by Gasteiger charge is 2.26. The van der Waals surface area contributed by atoms with Crippen molar-refractivity contribution in [1.82, 2.24) is 5.32 Å². The van der Waals surface area contributed by atoms with E-state index in [-0.39, 0.29) is 0 Å². The summed E-state index contributed by atoms with van der Waals surface area (Å²) in [4.78, 5) is 0. The lowest BCUT2D eigenvalue weighted by atomic mass is 9.97. The summed E-state index contributed by atoms with van der Waals surface area (Å²) in [5.74, 6) is 2.37. The van der Waals surface area contributed by atoms with Gasteiger partial charge in [0.25, 0.3) is 0 Å². The first-order valence-electron chi connectivity index (χ1n) is 6.06. The van der Waals surface area contributed by atoms with Crippen molar-refractivity contribution in [3.63, 3.8) is 0 Å². The average Bonchev–Trinajstić information content (AvgIpc) is 2.70. The second-order valence-electron chi connectivity index (χ2n) is 4.70. The zero-order valence-corrected chi connectivity index (χ0v) is 10.7. The Hall–Kier alpha value is 0.210. The molecule has 3 atom stereocenters. The van der Waals surface area contributed by atoms with Crippen LogP contribution in [0.3, 0.4) is 0 Å². The van der Waals surface area contributed by atoms with Crippen LogP contribution in [0.2, 0.25) is 0 Å². The minimum Gasteiger partial charge on any atom is -0.385 e. The number of alkyl halides is 1. The number of rotatable bonds is 7. The molecule has 1 aliphatic carbocycles. The lowest BCUT2D eigenvalue weighted by molar-refractivity contribution is 0.183. The molecule has 2 nitrogen and oxygen atoms in total. The van der Waals surface area contributed by atoms with Crippen molar-refractivity contribution in [3.05, 3.63) is 0 Å². The largest absolute Gasteiger partial charge is 0.385 e. The molecule has 0 saturated heterocycles. The van der Waals surface area contributed by atoms with E-state index in [1.165, 1.54) is 19.3 Å². The molecule has 0 aliphatic heterocycles. The highest BCUT2D eigenvalue weighted by atomic mass is 35.5. The molecule has 0 amide bonds. The molecule has 0 spiro atoms. The molecule has 1 aliphatic rings. The molecule has 90 valence electrons. The van der Waals surface area contributed by atoms with Gasteiger partial charge in [0.15, 0.2) is 0 Å². The number of nitrogens with one attached hydrogen (secondary N) is 1. The molecule has 1 fully saturated rings.